The number of hydrogen-bond donors (Lipinski definition) is 0. The van der Waals surface area contributed by atoms with Gasteiger partial charge in [0.05, 0.1) is 12.3 Å². The maximum atomic E-state index is 12.9. The molecule has 210 valence electrons. The quantitative estimate of drug-likeness (QED) is 0.0902. The average Bonchev–Trinajstić information content (AvgIpc) is 3.38. The second-order valence-electron chi connectivity index (χ2n) is 9.65. The second kappa shape index (κ2) is 13.2. The second-order valence-corrected chi connectivity index (χ2v) is 10.8. The molecule has 0 aliphatic heterocycles. The maximum Gasteiger partial charge on any atom is 0.331 e. The van der Waals surface area contributed by atoms with Crippen LogP contribution in [0.4, 0.5) is 0 Å². The van der Waals surface area contributed by atoms with Gasteiger partial charge in [-0.1, -0.05) is 47.2 Å². The molecule has 3 aromatic carbocycles. The van der Waals surface area contributed by atoms with Crippen molar-refractivity contribution in [3.63, 3.8) is 0 Å². The van der Waals surface area contributed by atoms with Crippen molar-refractivity contribution >= 4 is 51.9 Å². The first kappa shape index (κ1) is 29.5. The van der Waals surface area contributed by atoms with Gasteiger partial charge in [0.25, 0.3) is 0 Å². The summed E-state index contributed by atoms with van der Waals surface area (Å²) in [4.78, 5) is 56.4. The molecule has 1 atom stereocenters. The summed E-state index contributed by atoms with van der Waals surface area (Å²) >= 11 is 1.53. The largest absolute Gasteiger partial charge is 0.453 e. The minimum absolute atomic E-state index is 0.00438. The molecule has 1 aromatic heterocycles. The Bertz CT molecular complexity index is 1570. The fourth-order valence-electron chi connectivity index (χ4n) is 4.30. The van der Waals surface area contributed by atoms with E-state index in [0.717, 1.165) is 20.7 Å². The molecule has 0 saturated carbocycles. The van der Waals surface area contributed by atoms with Crippen molar-refractivity contribution in [1.82, 2.24) is 4.90 Å². The van der Waals surface area contributed by atoms with Crippen LogP contribution in [0.25, 0.3) is 11.0 Å². The Hall–Kier alpha value is -4.50. The van der Waals surface area contributed by atoms with Crippen molar-refractivity contribution in [1.29, 1.82) is 0 Å². The van der Waals surface area contributed by atoms with Gasteiger partial charge in [0.1, 0.15) is 11.4 Å². The first-order chi connectivity index (χ1) is 19.6. The predicted molar refractivity (Wildman–Crippen MR) is 157 cm³/mol. The van der Waals surface area contributed by atoms with Crippen molar-refractivity contribution in [3.8, 4) is 0 Å². The Labute approximate surface area is 242 Å². The van der Waals surface area contributed by atoms with E-state index in [0.29, 0.717) is 22.6 Å². The highest BCUT2D eigenvalue weighted by Gasteiger charge is 2.21. The van der Waals surface area contributed by atoms with Crippen molar-refractivity contribution in [3.05, 3.63) is 95.7 Å². The smallest absolute Gasteiger partial charge is 0.331 e. The maximum absolute atomic E-state index is 12.9. The third kappa shape index (κ3) is 7.79. The summed E-state index contributed by atoms with van der Waals surface area (Å²) in [7, 11) is 0. The number of carbonyl (C=O) groups excluding carboxylic acids is 4. The lowest BCUT2D eigenvalue weighted by Gasteiger charge is -2.27. The number of ketones is 2. The van der Waals surface area contributed by atoms with Gasteiger partial charge in [-0.2, -0.15) is 0 Å². The van der Waals surface area contributed by atoms with Crippen LogP contribution in [0.15, 0.2) is 98.2 Å². The number of Topliss-reactive ketones (excluding diaryl/α,β-unsaturated/α-hetero) is 1. The standard InChI is InChI=1S/C32H30N2O6S/c1-20(34(22(3)36)19-21(2)35)17-29(33-40-23(4)37)24-9-13-27(14-10-24)41-28-15-11-25(12-16-28)32(38)31-18-26-7-5-6-8-30(26)39-31/h5-16,18,20H,17,19H2,1-4H3. The Morgan fingerprint density at radius 3 is 2.05 bits per heavy atom. The number of benzene rings is 3. The summed E-state index contributed by atoms with van der Waals surface area (Å²) in [5.41, 5.74) is 2.41. The van der Waals surface area contributed by atoms with Gasteiger partial charge in [0.2, 0.25) is 11.7 Å². The number of oxime groups is 1. The van der Waals surface area contributed by atoms with Crippen LogP contribution in [0.5, 0.6) is 0 Å². The Balaban J connectivity index is 1.46. The minimum atomic E-state index is -0.559. The molecule has 0 bridgehead atoms. The number of hydrogen-bond acceptors (Lipinski definition) is 8. The van der Waals surface area contributed by atoms with Gasteiger partial charge in [0, 0.05) is 47.1 Å². The fourth-order valence-corrected chi connectivity index (χ4v) is 5.11. The lowest BCUT2D eigenvalue weighted by atomic mass is 10.0. The van der Waals surface area contributed by atoms with E-state index in [-0.39, 0.29) is 36.5 Å². The molecule has 0 aliphatic carbocycles. The first-order valence-corrected chi connectivity index (χ1v) is 13.8. The van der Waals surface area contributed by atoms with Gasteiger partial charge in [-0.3, -0.25) is 14.4 Å². The summed E-state index contributed by atoms with van der Waals surface area (Å²) in [5, 5.41) is 4.91. The molecular formula is C32H30N2O6S. The van der Waals surface area contributed by atoms with Crippen LogP contribution in [0.3, 0.4) is 0 Å². The summed E-state index contributed by atoms with van der Waals surface area (Å²) < 4.78 is 5.71. The molecule has 4 rings (SSSR count). The molecule has 0 saturated heterocycles. The summed E-state index contributed by atoms with van der Waals surface area (Å²) in [6.07, 6.45) is 0.285. The van der Waals surface area contributed by atoms with Crippen molar-refractivity contribution in [2.45, 2.75) is 49.9 Å². The van der Waals surface area contributed by atoms with E-state index in [1.54, 1.807) is 18.2 Å². The molecule has 1 amide bonds. The Morgan fingerprint density at radius 2 is 1.49 bits per heavy atom. The number of furan rings is 1. The van der Waals surface area contributed by atoms with Crippen LogP contribution in [-0.2, 0) is 19.2 Å². The minimum Gasteiger partial charge on any atom is -0.453 e. The van der Waals surface area contributed by atoms with Gasteiger partial charge >= 0.3 is 5.97 Å². The van der Waals surface area contributed by atoms with E-state index < -0.39 is 5.97 Å². The summed E-state index contributed by atoms with van der Waals surface area (Å²) in [6, 6.07) is 23.8. The van der Waals surface area contributed by atoms with Crippen LogP contribution < -0.4 is 0 Å². The number of fused-ring (bicyclic) bond motifs is 1. The normalized spacial score (nSPS) is 12.1. The first-order valence-electron chi connectivity index (χ1n) is 13.0. The van der Waals surface area contributed by atoms with Gasteiger partial charge in [-0.05, 0) is 67.9 Å². The van der Waals surface area contributed by atoms with Gasteiger partial charge in [-0.15, -0.1) is 0 Å². The number of carbonyl (C=O) groups is 4. The van der Waals surface area contributed by atoms with Gasteiger partial charge in [-0.25, -0.2) is 4.79 Å². The van der Waals surface area contributed by atoms with E-state index in [9.17, 15) is 19.2 Å². The average molecular weight is 571 g/mol. The molecule has 0 N–H and O–H groups in total. The molecule has 0 radical (unpaired) electrons. The Kier molecular flexibility index (Phi) is 9.52. The van der Waals surface area contributed by atoms with E-state index in [1.807, 2.05) is 67.6 Å². The van der Waals surface area contributed by atoms with Crippen LogP contribution in [0.1, 0.15) is 55.8 Å². The molecule has 1 unspecified atom stereocenters. The SMILES string of the molecule is CC(=O)CN(C(C)=O)C(C)CC(=NOC(C)=O)c1ccc(Sc2ccc(C(=O)c3cc4ccccc4o3)cc2)cc1. The van der Waals surface area contributed by atoms with Crippen LogP contribution >= 0.6 is 11.8 Å². The van der Waals surface area contributed by atoms with Crippen molar-refractivity contribution in [2.75, 3.05) is 6.54 Å². The monoisotopic (exact) mass is 570 g/mol. The molecule has 8 nitrogen and oxygen atoms in total. The van der Waals surface area contributed by atoms with Crippen LogP contribution in [0.2, 0.25) is 0 Å². The third-order valence-electron chi connectivity index (χ3n) is 6.29. The highest BCUT2D eigenvalue weighted by molar-refractivity contribution is 7.99. The van der Waals surface area contributed by atoms with E-state index in [1.165, 1.54) is 37.4 Å². The zero-order valence-corrected chi connectivity index (χ0v) is 24.1. The molecule has 1 heterocycles. The molecular weight excluding hydrogens is 540 g/mol. The zero-order chi connectivity index (χ0) is 29.5. The van der Waals surface area contributed by atoms with E-state index >= 15 is 0 Å². The predicted octanol–water partition coefficient (Wildman–Crippen LogP) is 6.30. The van der Waals surface area contributed by atoms with Crippen LogP contribution in [-0.4, -0.2) is 46.6 Å². The van der Waals surface area contributed by atoms with E-state index in [4.69, 9.17) is 9.25 Å². The molecule has 0 spiro atoms. The molecule has 41 heavy (non-hydrogen) atoms. The molecule has 0 fully saturated rings. The topological polar surface area (TPSA) is 106 Å². The Morgan fingerprint density at radius 1 is 0.878 bits per heavy atom. The number of para-hydroxylation sites is 1. The number of nitrogens with zero attached hydrogens (tertiary/aromatic N) is 2. The third-order valence-corrected chi connectivity index (χ3v) is 7.31. The van der Waals surface area contributed by atoms with E-state index in [2.05, 4.69) is 5.16 Å². The van der Waals surface area contributed by atoms with Crippen molar-refractivity contribution in [2.24, 2.45) is 5.16 Å². The zero-order valence-electron chi connectivity index (χ0n) is 23.2. The van der Waals surface area contributed by atoms with Gasteiger partial charge in [0.15, 0.2) is 5.76 Å². The molecule has 4 aromatic rings. The summed E-state index contributed by atoms with van der Waals surface area (Å²) in [5.74, 6) is -0.787. The van der Waals surface area contributed by atoms with Gasteiger partial charge < -0.3 is 14.2 Å². The fraction of sp³-hybridized carbons (Fsp3) is 0.219. The summed E-state index contributed by atoms with van der Waals surface area (Å²) in [6.45, 7) is 5.92. The molecule has 9 heteroatoms. The van der Waals surface area contributed by atoms with Crippen molar-refractivity contribution < 1.29 is 28.4 Å². The lowest BCUT2D eigenvalue weighted by Crippen LogP contribution is -2.41. The highest BCUT2D eigenvalue weighted by Crippen LogP contribution is 2.29. The molecule has 0 aliphatic rings. The lowest BCUT2D eigenvalue weighted by molar-refractivity contribution is -0.141. The number of amides is 1. The van der Waals surface area contributed by atoms with Crippen LogP contribution in [0, 0.1) is 0 Å². The highest BCUT2D eigenvalue weighted by atomic mass is 32.2. The number of rotatable bonds is 11.